The quantitative estimate of drug-likeness (QED) is 0.165. The zero-order valence-electron chi connectivity index (χ0n) is 20.1. The smallest absolute Gasteiger partial charge is 0.0701 e. The molecule has 0 aliphatic heterocycles. The molecule has 0 saturated carbocycles. The van der Waals surface area contributed by atoms with Crippen LogP contribution in [0, 0.1) is 5.92 Å². The summed E-state index contributed by atoms with van der Waals surface area (Å²) in [5, 5.41) is 8.54. The van der Waals surface area contributed by atoms with Crippen molar-refractivity contribution in [3.05, 3.63) is 0 Å². The Hall–Kier alpha value is -0.400. The first-order chi connectivity index (χ1) is 15.8. The minimum atomic E-state index is 0.0319. The highest BCUT2D eigenvalue weighted by atomic mass is 16.6. The zero-order valence-corrected chi connectivity index (χ0v) is 20.1. The van der Waals surface area contributed by atoms with Gasteiger partial charge in [-0.1, -0.05) is 13.8 Å². The molecule has 0 spiro atoms. The lowest BCUT2D eigenvalue weighted by molar-refractivity contribution is -0.0259. The Morgan fingerprint density at radius 2 is 0.594 bits per heavy atom. The van der Waals surface area contributed by atoms with Gasteiger partial charge < -0.3 is 47.7 Å². The molecule has 194 valence electrons. The molecule has 0 atom stereocenters. The SMILES string of the molecule is CC(C)COCCOCCOCCOCCOCCOCCOCCOCCOCCO. The first kappa shape index (κ1) is 31.6. The first-order valence-electron chi connectivity index (χ1n) is 11.6. The van der Waals surface area contributed by atoms with E-state index in [-0.39, 0.29) is 6.61 Å². The van der Waals surface area contributed by atoms with E-state index in [9.17, 15) is 0 Å². The van der Waals surface area contributed by atoms with E-state index >= 15 is 0 Å². The summed E-state index contributed by atoms with van der Waals surface area (Å²) >= 11 is 0. The molecule has 0 aromatic carbocycles. The molecule has 0 saturated heterocycles. The normalized spacial score (nSPS) is 11.6. The van der Waals surface area contributed by atoms with Crippen molar-refractivity contribution in [2.24, 2.45) is 5.92 Å². The molecule has 0 aliphatic rings. The summed E-state index contributed by atoms with van der Waals surface area (Å²) in [6, 6.07) is 0. The molecule has 0 unspecified atom stereocenters. The molecule has 0 rings (SSSR count). The molecule has 10 heteroatoms. The maximum atomic E-state index is 8.54. The highest BCUT2D eigenvalue weighted by Crippen LogP contribution is 1.92. The fourth-order valence-corrected chi connectivity index (χ4v) is 2.14. The molecule has 0 aromatic rings. The third-order valence-electron chi connectivity index (χ3n) is 3.66. The largest absolute Gasteiger partial charge is 0.394 e. The van der Waals surface area contributed by atoms with Crippen molar-refractivity contribution in [2.75, 3.05) is 126 Å². The van der Waals surface area contributed by atoms with Crippen LogP contribution in [0.2, 0.25) is 0 Å². The summed E-state index contributed by atoms with van der Waals surface area (Å²) in [5.74, 6) is 0.551. The molecule has 10 nitrogen and oxygen atoms in total. The summed E-state index contributed by atoms with van der Waals surface area (Å²) < 4.78 is 48.3. The number of aliphatic hydroxyl groups is 1. The highest BCUT2D eigenvalue weighted by Gasteiger charge is 1.96. The van der Waals surface area contributed by atoms with Crippen LogP contribution in [0.15, 0.2) is 0 Å². The minimum absolute atomic E-state index is 0.0319. The Balaban J connectivity index is 3.00. The Kier molecular flexibility index (Phi) is 28.3. The second kappa shape index (κ2) is 28.6. The van der Waals surface area contributed by atoms with Crippen LogP contribution < -0.4 is 0 Å². The van der Waals surface area contributed by atoms with E-state index in [1.165, 1.54) is 0 Å². The summed E-state index contributed by atoms with van der Waals surface area (Å²) in [7, 11) is 0. The lowest BCUT2D eigenvalue weighted by atomic mass is 10.2. The van der Waals surface area contributed by atoms with Gasteiger partial charge in [-0.3, -0.25) is 0 Å². The third-order valence-corrected chi connectivity index (χ3v) is 3.66. The van der Waals surface area contributed by atoms with Gasteiger partial charge in [0, 0.05) is 6.61 Å². The number of rotatable bonds is 28. The van der Waals surface area contributed by atoms with E-state index in [1.807, 2.05) is 0 Å². The Morgan fingerprint density at radius 3 is 0.812 bits per heavy atom. The van der Waals surface area contributed by atoms with E-state index < -0.39 is 0 Å². The molecule has 0 bridgehead atoms. The number of ether oxygens (including phenoxy) is 9. The van der Waals surface area contributed by atoms with Gasteiger partial charge in [-0.05, 0) is 5.92 Å². The van der Waals surface area contributed by atoms with Crippen LogP contribution in [0.25, 0.3) is 0 Å². The molecule has 0 amide bonds. The van der Waals surface area contributed by atoms with Gasteiger partial charge in [0.1, 0.15) is 0 Å². The van der Waals surface area contributed by atoms with Gasteiger partial charge in [0.15, 0.2) is 0 Å². The van der Waals surface area contributed by atoms with Crippen LogP contribution in [-0.4, -0.2) is 131 Å². The summed E-state index contributed by atoms with van der Waals surface area (Å²) in [6.45, 7) is 13.9. The Labute approximate surface area is 193 Å². The summed E-state index contributed by atoms with van der Waals surface area (Å²) in [6.07, 6.45) is 0. The third kappa shape index (κ3) is 29.6. The summed E-state index contributed by atoms with van der Waals surface area (Å²) in [4.78, 5) is 0. The lowest BCUT2D eigenvalue weighted by Crippen LogP contribution is -2.15. The van der Waals surface area contributed by atoms with Crippen molar-refractivity contribution < 1.29 is 47.7 Å². The molecule has 0 aromatic heterocycles. The standard InChI is InChI=1S/C22H46O10/c1-22(2)21-32-20-19-31-18-17-30-16-15-29-14-13-28-12-11-27-10-9-26-8-7-25-6-5-24-4-3-23/h22-23H,3-21H2,1-2H3. The zero-order chi connectivity index (χ0) is 23.4. The van der Waals surface area contributed by atoms with Gasteiger partial charge in [-0.25, -0.2) is 0 Å². The predicted octanol–water partition coefficient (Wildman–Crippen LogP) is 0.784. The van der Waals surface area contributed by atoms with E-state index in [1.54, 1.807) is 0 Å². The van der Waals surface area contributed by atoms with Gasteiger partial charge in [0.25, 0.3) is 0 Å². The number of hydrogen-bond donors (Lipinski definition) is 1. The molecular formula is C22H46O10. The van der Waals surface area contributed by atoms with Crippen LogP contribution in [-0.2, 0) is 42.6 Å². The van der Waals surface area contributed by atoms with Crippen LogP contribution in [0.3, 0.4) is 0 Å². The van der Waals surface area contributed by atoms with Crippen LogP contribution >= 0.6 is 0 Å². The van der Waals surface area contributed by atoms with Gasteiger partial charge in [-0.2, -0.15) is 0 Å². The van der Waals surface area contributed by atoms with Crippen molar-refractivity contribution >= 4 is 0 Å². The fraction of sp³-hybridized carbons (Fsp3) is 1.00. The van der Waals surface area contributed by atoms with Crippen molar-refractivity contribution in [3.63, 3.8) is 0 Å². The second-order valence-corrected chi connectivity index (χ2v) is 7.09. The average Bonchev–Trinajstić information content (AvgIpc) is 2.78. The lowest BCUT2D eigenvalue weighted by Gasteiger charge is -2.09. The first-order valence-corrected chi connectivity index (χ1v) is 11.6. The molecule has 32 heavy (non-hydrogen) atoms. The number of hydrogen-bond acceptors (Lipinski definition) is 10. The van der Waals surface area contributed by atoms with Gasteiger partial charge >= 0.3 is 0 Å². The van der Waals surface area contributed by atoms with Crippen molar-refractivity contribution in [1.29, 1.82) is 0 Å². The van der Waals surface area contributed by atoms with E-state index in [4.69, 9.17) is 47.7 Å². The maximum Gasteiger partial charge on any atom is 0.0701 e. The molecule has 1 N–H and O–H groups in total. The van der Waals surface area contributed by atoms with Crippen molar-refractivity contribution in [3.8, 4) is 0 Å². The molecule has 0 aliphatic carbocycles. The maximum absolute atomic E-state index is 8.54. The Bertz CT molecular complexity index is 334. The van der Waals surface area contributed by atoms with Crippen molar-refractivity contribution in [1.82, 2.24) is 0 Å². The van der Waals surface area contributed by atoms with Crippen LogP contribution in [0.5, 0.6) is 0 Å². The second-order valence-electron chi connectivity index (χ2n) is 7.09. The summed E-state index contributed by atoms with van der Waals surface area (Å²) in [5.41, 5.74) is 0. The monoisotopic (exact) mass is 470 g/mol. The van der Waals surface area contributed by atoms with Gasteiger partial charge in [0.2, 0.25) is 0 Å². The average molecular weight is 471 g/mol. The minimum Gasteiger partial charge on any atom is -0.394 e. The van der Waals surface area contributed by atoms with Crippen LogP contribution in [0.4, 0.5) is 0 Å². The molecule has 0 radical (unpaired) electrons. The van der Waals surface area contributed by atoms with Crippen LogP contribution in [0.1, 0.15) is 13.8 Å². The van der Waals surface area contributed by atoms with E-state index in [0.29, 0.717) is 118 Å². The highest BCUT2D eigenvalue weighted by molar-refractivity contribution is 4.40. The topological polar surface area (TPSA) is 103 Å². The predicted molar refractivity (Wildman–Crippen MR) is 119 cm³/mol. The van der Waals surface area contributed by atoms with E-state index in [0.717, 1.165) is 6.61 Å². The molecular weight excluding hydrogens is 424 g/mol. The van der Waals surface area contributed by atoms with E-state index in [2.05, 4.69) is 13.8 Å². The van der Waals surface area contributed by atoms with Crippen molar-refractivity contribution in [2.45, 2.75) is 13.8 Å². The fourth-order valence-electron chi connectivity index (χ4n) is 2.14. The molecule has 0 fully saturated rings. The van der Waals surface area contributed by atoms with Gasteiger partial charge in [0.05, 0.1) is 119 Å². The molecule has 0 heterocycles. The van der Waals surface area contributed by atoms with Gasteiger partial charge in [-0.15, -0.1) is 0 Å². The number of aliphatic hydroxyl groups excluding tert-OH is 1. The Morgan fingerprint density at radius 1 is 0.375 bits per heavy atom.